The van der Waals surface area contributed by atoms with E-state index in [4.69, 9.17) is 0 Å². The lowest BCUT2D eigenvalue weighted by atomic mass is 9.84. The van der Waals surface area contributed by atoms with Gasteiger partial charge in [-0.1, -0.05) is 202 Å². The van der Waals surface area contributed by atoms with Crippen molar-refractivity contribution in [1.29, 1.82) is 0 Å². The first-order chi connectivity index (χ1) is 30.7. The second-order valence-electron chi connectivity index (χ2n) is 18.3. The Balaban J connectivity index is 1.01. The van der Waals surface area contributed by atoms with Gasteiger partial charge in [0.2, 0.25) is 0 Å². The van der Waals surface area contributed by atoms with Crippen LogP contribution in [0, 0.1) is 13.8 Å². The first kappa shape index (κ1) is 38.4. The number of rotatable bonds is 6. The number of aromatic nitrogens is 1. The van der Waals surface area contributed by atoms with Crippen LogP contribution in [0.5, 0.6) is 0 Å². The normalized spacial score (nSPS) is 11.9. The molecule has 63 heavy (non-hydrogen) atoms. The first-order valence-corrected chi connectivity index (χ1v) is 22.2. The molecule has 0 unspecified atom stereocenters. The number of nitrogens with zero attached hydrogens (tertiary/aromatic N) is 1. The van der Waals surface area contributed by atoms with Crippen molar-refractivity contribution in [3.63, 3.8) is 0 Å². The standard InChI is InChI=1S/C62H49N/c1-40-17-33-53-56(36-40)60(47-26-22-45(23-27-47)44-20-18-43(19-21-44)42-12-8-6-9-13-42)52-32-16-41(2)37-57(52)61(53)48-28-24-46(25-29-48)49-30-34-58-54(38-49)55-39-50(62(3,4)5)31-35-59(55)63(58)51-14-10-7-11-15-51/h6-39H,1-5H3. The van der Waals surface area contributed by atoms with Gasteiger partial charge in [-0.15, -0.1) is 0 Å². The third-order valence-electron chi connectivity index (χ3n) is 13.1. The molecule has 0 saturated carbocycles. The van der Waals surface area contributed by atoms with Crippen LogP contribution in [0.2, 0.25) is 0 Å². The third kappa shape index (κ3) is 6.82. The highest BCUT2D eigenvalue weighted by Crippen LogP contribution is 2.45. The van der Waals surface area contributed by atoms with E-state index >= 15 is 0 Å². The van der Waals surface area contributed by atoms with E-state index in [1.807, 2.05) is 0 Å². The number of hydrogen-bond donors (Lipinski definition) is 0. The summed E-state index contributed by atoms with van der Waals surface area (Å²) >= 11 is 0. The average molecular weight is 808 g/mol. The summed E-state index contributed by atoms with van der Waals surface area (Å²) < 4.78 is 2.41. The molecule has 0 saturated heterocycles. The van der Waals surface area contributed by atoms with Crippen LogP contribution < -0.4 is 0 Å². The Kier molecular flexibility index (Phi) is 9.25. The molecule has 302 valence electrons. The maximum absolute atomic E-state index is 2.41. The monoisotopic (exact) mass is 807 g/mol. The van der Waals surface area contributed by atoms with Crippen LogP contribution in [0.1, 0.15) is 37.5 Å². The first-order valence-electron chi connectivity index (χ1n) is 22.2. The van der Waals surface area contributed by atoms with Gasteiger partial charge in [-0.25, -0.2) is 0 Å². The second-order valence-corrected chi connectivity index (χ2v) is 18.3. The van der Waals surface area contributed by atoms with Crippen molar-refractivity contribution in [2.45, 2.75) is 40.0 Å². The highest BCUT2D eigenvalue weighted by atomic mass is 15.0. The maximum atomic E-state index is 2.41. The summed E-state index contributed by atoms with van der Waals surface area (Å²) in [5, 5.41) is 7.66. The zero-order valence-corrected chi connectivity index (χ0v) is 36.6. The lowest BCUT2D eigenvalue weighted by Crippen LogP contribution is -2.10. The predicted molar refractivity (Wildman–Crippen MR) is 271 cm³/mol. The minimum atomic E-state index is 0.0494. The van der Waals surface area contributed by atoms with Crippen molar-refractivity contribution < 1.29 is 0 Å². The molecule has 10 aromatic carbocycles. The lowest BCUT2D eigenvalue weighted by molar-refractivity contribution is 0.591. The van der Waals surface area contributed by atoms with Crippen molar-refractivity contribution >= 4 is 43.4 Å². The second kappa shape index (κ2) is 15.2. The van der Waals surface area contributed by atoms with Crippen LogP contribution in [-0.2, 0) is 5.41 Å². The summed E-state index contributed by atoms with van der Waals surface area (Å²) in [5.41, 5.74) is 19.9. The fourth-order valence-corrected chi connectivity index (χ4v) is 9.75. The van der Waals surface area contributed by atoms with Crippen molar-refractivity contribution in [1.82, 2.24) is 4.57 Å². The Labute approximate surface area is 370 Å². The molecule has 11 rings (SSSR count). The van der Waals surface area contributed by atoms with Gasteiger partial charge in [0, 0.05) is 16.5 Å². The average Bonchev–Trinajstić information content (AvgIpc) is 3.64. The molecule has 1 nitrogen and oxygen atoms in total. The summed E-state index contributed by atoms with van der Waals surface area (Å²) in [6, 6.07) is 76.7. The summed E-state index contributed by atoms with van der Waals surface area (Å²) in [6.45, 7) is 11.3. The van der Waals surface area contributed by atoms with E-state index in [0.717, 1.165) is 0 Å². The van der Waals surface area contributed by atoms with Gasteiger partial charge in [0.25, 0.3) is 0 Å². The third-order valence-corrected chi connectivity index (χ3v) is 13.1. The molecule has 1 heterocycles. The van der Waals surface area contributed by atoms with Gasteiger partial charge in [0.05, 0.1) is 11.0 Å². The quantitative estimate of drug-likeness (QED) is 0.148. The summed E-state index contributed by atoms with van der Waals surface area (Å²) in [4.78, 5) is 0. The van der Waals surface area contributed by atoms with E-state index in [0.29, 0.717) is 0 Å². The molecule has 0 bridgehead atoms. The van der Waals surface area contributed by atoms with E-state index < -0.39 is 0 Å². The van der Waals surface area contributed by atoms with Crippen LogP contribution >= 0.6 is 0 Å². The van der Waals surface area contributed by atoms with Crippen LogP contribution in [0.25, 0.3) is 105 Å². The highest BCUT2D eigenvalue weighted by Gasteiger charge is 2.20. The summed E-state index contributed by atoms with van der Waals surface area (Å²) in [7, 11) is 0. The molecule has 0 N–H and O–H groups in total. The van der Waals surface area contributed by atoms with Gasteiger partial charge in [-0.05, 0) is 138 Å². The molecule has 0 spiro atoms. The summed E-state index contributed by atoms with van der Waals surface area (Å²) in [6.07, 6.45) is 0. The maximum Gasteiger partial charge on any atom is 0.0541 e. The fraction of sp³-hybridized carbons (Fsp3) is 0.0968. The van der Waals surface area contributed by atoms with Gasteiger partial charge in [0.15, 0.2) is 0 Å². The topological polar surface area (TPSA) is 4.93 Å². The van der Waals surface area contributed by atoms with E-state index in [-0.39, 0.29) is 5.41 Å². The number of benzene rings is 10. The highest BCUT2D eigenvalue weighted by molar-refractivity contribution is 6.21. The Morgan fingerprint density at radius 3 is 1.19 bits per heavy atom. The van der Waals surface area contributed by atoms with E-state index in [1.165, 1.54) is 121 Å². The van der Waals surface area contributed by atoms with Crippen LogP contribution in [-0.4, -0.2) is 4.57 Å². The molecule has 0 aliphatic heterocycles. The van der Waals surface area contributed by atoms with Crippen LogP contribution in [0.3, 0.4) is 0 Å². The zero-order chi connectivity index (χ0) is 42.8. The van der Waals surface area contributed by atoms with E-state index in [1.54, 1.807) is 0 Å². The van der Waals surface area contributed by atoms with E-state index in [9.17, 15) is 0 Å². The van der Waals surface area contributed by atoms with E-state index in [2.05, 4.69) is 245 Å². The van der Waals surface area contributed by atoms with Gasteiger partial charge in [-0.3, -0.25) is 0 Å². The molecule has 11 aromatic rings. The van der Waals surface area contributed by atoms with Crippen molar-refractivity contribution in [3.8, 4) is 61.3 Å². The summed E-state index contributed by atoms with van der Waals surface area (Å²) in [5.74, 6) is 0. The number of fused-ring (bicyclic) bond motifs is 5. The minimum Gasteiger partial charge on any atom is -0.309 e. The largest absolute Gasteiger partial charge is 0.309 e. The number of aryl methyl sites for hydroxylation is 2. The molecule has 0 aliphatic carbocycles. The van der Waals surface area contributed by atoms with Crippen molar-refractivity contribution in [2.75, 3.05) is 0 Å². The van der Waals surface area contributed by atoms with Crippen molar-refractivity contribution in [2.24, 2.45) is 0 Å². The van der Waals surface area contributed by atoms with Gasteiger partial charge >= 0.3 is 0 Å². The molecule has 0 aliphatic rings. The Morgan fingerprint density at radius 1 is 0.302 bits per heavy atom. The molecule has 0 radical (unpaired) electrons. The zero-order valence-electron chi connectivity index (χ0n) is 36.6. The van der Waals surface area contributed by atoms with Gasteiger partial charge in [-0.2, -0.15) is 0 Å². The smallest absolute Gasteiger partial charge is 0.0541 e. The predicted octanol–water partition coefficient (Wildman–Crippen LogP) is 17.3. The molecule has 0 fully saturated rings. The lowest BCUT2D eigenvalue weighted by Gasteiger charge is -2.19. The number of hydrogen-bond acceptors (Lipinski definition) is 0. The van der Waals surface area contributed by atoms with Gasteiger partial charge in [0.1, 0.15) is 0 Å². The van der Waals surface area contributed by atoms with Gasteiger partial charge < -0.3 is 4.57 Å². The molecule has 0 atom stereocenters. The number of para-hydroxylation sites is 1. The Bertz CT molecular complexity index is 3490. The SMILES string of the molecule is Cc1ccc2c(-c3ccc(-c4ccc5c(c4)c4cc(C(C)(C)C)ccc4n5-c4ccccc4)cc3)c3cc(C)ccc3c(-c3ccc(-c4ccc(-c5ccccc5)cc4)cc3)c2c1. The molecule has 1 aromatic heterocycles. The molecular formula is C62H49N. The minimum absolute atomic E-state index is 0.0494. The Hall–Kier alpha value is -7.48. The fourth-order valence-electron chi connectivity index (χ4n) is 9.75. The van der Waals surface area contributed by atoms with Crippen LogP contribution in [0.4, 0.5) is 0 Å². The van der Waals surface area contributed by atoms with Crippen molar-refractivity contribution in [3.05, 3.63) is 223 Å². The van der Waals surface area contributed by atoms with Crippen LogP contribution in [0.15, 0.2) is 206 Å². The molecule has 1 heteroatoms. The Morgan fingerprint density at radius 2 is 0.698 bits per heavy atom. The molecule has 0 amide bonds. The molecular weight excluding hydrogens is 759 g/mol.